The van der Waals surface area contributed by atoms with Gasteiger partial charge in [0.25, 0.3) is 0 Å². The van der Waals surface area contributed by atoms with Crippen LogP contribution in [0.3, 0.4) is 0 Å². The number of esters is 1. The van der Waals surface area contributed by atoms with E-state index in [-0.39, 0.29) is 12.1 Å². The van der Waals surface area contributed by atoms with Gasteiger partial charge in [0.15, 0.2) is 0 Å². The molecule has 29 heavy (non-hydrogen) atoms. The second kappa shape index (κ2) is 8.27. The van der Waals surface area contributed by atoms with Crippen LogP contribution in [0.4, 0.5) is 5.69 Å². The lowest BCUT2D eigenvalue weighted by atomic mass is 10.1. The first-order chi connectivity index (χ1) is 14.0. The first kappa shape index (κ1) is 19.5. The largest absolute Gasteiger partial charge is 0.452 e. The summed E-state index contributed by atoms with van der Waals surface area (Å²) < 4.78 is 16.4. The highest BCUT2D eigenvalue weighted by Crippen LogP contribution is 2.32. The number of ether oxygens (including phenoxy) is 3. The third-order valence-electron chi connectivity index (χ3n) is 4.54. The van der Waals surface area contributed by atoms with Crippen molar-refractivity contribution in [1.29, 1.82) is 0 Å². The second-order valence-corrected chi connectivity index (χ2v) is 7.66. The van der Waals surface area contributed by atoms with Gasteiger partial charge in [-0.2, -0.15) is 5.10 Å². The Kier molecular flexibility index (Phi) is 5.56. The van der Waals surface area contributed by atoms with E-state index in [4.69, 9.17) is 19.9 Å². The van der Waals surface area contributed by atoms with Crippen molar-refractivity contribution in [3.63, 3.8) is 0 Å². The van der Waals surface area contributed by atoms with Crippen molar-refractivity contribution in [2.24, 2.45) is 10.8 Å². The molecule has 2 aliphatic rings. The molecule has 1 aromatic heterocycles. The van der Waals surface area contributed by atoms with Crippen LogP contribution >= 0.6 is 11.3 Å². The molecule has 2 aromatic rings. The van der Waals surface area contributed by atoms with Gasteiger partial charge in [0, 0.05) is 12.6 Å². The third-order valence-corrected chi connectivity index (χ3v) is 5.72. The number of anilines is 1. The maximum Gasteiger partial charge on any atom is 0.355 e. The summed E-state index contributed by atoms with van der Waals surface area (Å²) in [6.45, 7) is 2.81. The van der Waals surface area contributed by atoms with Crippen molar-refractivity contribution < 1.29 is 23.8 Å². The molecule has 2 N–H and O–H groups in total. The molecule has 0 bridgehead atoms. The summed E-state index contributed by atoms with van der Waals surface area (Å²) in [5.74, 6) is -1.15. The normalized spacial score (nSPS) is 20.5. The van der Waals surface area contributed by atoms with E-state index >= 15 is 0 Å². The maximum atomic E-state index is 12.6. The molecule has 2 aliphatic heterocycles. The fourth-order valence-electron chi connectivity index (χ4n) is 3.06. The number of hydrazone groups is 1. The second-order valence-electron chi connectivity index (χ2n) is 6.57. The Balaban J connectivity index is 1.45. The van der Waals surface area contributed by atoms with Gasteiger partial charge >= 0.3 is 5.97 Å². The van der Waals surface area contributed by atoms with Crippen LogP contribution in [-0.4, -0.2) is 41.8 Å². The zero-order chi connectivity index (χ0) is 20.4. The number of aromatic nitrogens is 1. The minimum Gasteiger partial charge on any atom is -0.452 e. The van der Waals surface area contributed by atoms with Gasteiger partial charge in [-0.25, -0.2) is 9.78 Å². The van der Waals surface area contributed by atoms with Gasteiger partial charge in [-0.05, 0) is 19.1 Å². The molecule has 1 aromatic carbocycles. The minimum absolute atomic E-state index is 0.0907. The number of primary amides is 1. The Labute approximate surface area is 171 Å². The van der Waals surface area contributed by atoms with E-state index in [1.165, 1.54) is 16.3 Å². The van der Waals surface area contributed by atoms with Crippen molar-refractivity contribution >= 4 is 34.6 Å². The minimum atomic E-state index is -0.734. The number of hydrogen-bond acceptors (Lipinski definition) is 9. The fourth-order valence-corrected chi connectivity index (χ4v) is 3.96. The molecular formula is C19H20N4O5S. The summed E-state index contributed by atoms with van der Waals surface area (Å²) in [4.78, 5) is 29.5. The summed E-state index contributed by atoms with van der Waals surface area (Å²) in [5.41, 5.74) is 6.33. The monoisotopic (exact) mass is 416 g/mol. The number of nitrogens with zero attached hydrogens (tertiary/aromatic N) is 3. The number of carbonyl (C=O) groups is 2. The van der Waals surface area contributed by atoms with Gasteiger partial charge in [0.05, 0.1) is 23.8 Å². The molecule has 0 radical (unpaired) electrons. The van der Waals surface area contributed by atoms with E-state index in [2.05, 4.69) is 10.1 Å². The van der Waals surface area contributed by atoms with Crippen LogP contribution in [0.25, 0.3) is 0 Å². The van der Waals surface area contributed by atoms with Crippen LogP contribution < -0.4 is 10.7 Å². The molecule has 2 atom stereocenters. The first-order valence-electron chi connectivity index (χ1n) is 9.14. The molecule has 3 heterocycles. The smallest absolute Gasteiger partial charge is 0.355 e. The summed E-state index contributed by atoms with van der Waals surface area (Å²) in [6, 6.07) is 8.35. The number of carbonyl (C=O) groups excluding carboxylic acids is 2. The first-order valence-corrected chi connectivity index (χ1v) is 9.95. The maximum absolute atomic E-state index is 12.6. The van der Waals surface area contributed by atoms with Crippen LogP contribution in [0.5, 0.6) is 0 Å². The van der Waals surface area contributed by atoms with Crippen molar-refractivity contribution in [2.45, 2.75) is 31.8 Å². The third kappa shape index (κ3) is 4.14. The molecule has 0 spiro atoms. The lowest BCUT2D eigenvalue weighted by Crippen LogP contribution is -2.39. The molecule has 0 unspecified atom stereocenters. The average molecular weight is 416 g/mol. The van der Waals surface area contributed by atoms with Crippen molar-refractivity contribution in [3.8, 4) is 0 Å². The van der Waals surface area contributed by atoms with Gasteiger partial charge in [0.1, 0.15) is 22.9 Å². The summed E-state index contributed by atoms with van der Waals surface area (Å²) in [6.07, 6.45) is 0.734. The molecule has 10 heteroatoms. The molecule has 0 saturated carbocycles. The number of hydrogen-bond donors (Lipinski definition) is 1. The van der Waals surface area contributed by atoms with E-state index in [0.29, 0.717) is 23.9 Å². The lowest BCUT2D eigenvalue weighted by molar-refractivity contribution is -0.140. The summed E-state index contributed by atoms with van der Waals surface area (Å²) in [5, 5.41) is 6.44. The van der Waals surface area contributed by atoms with Crippen LogP contribution in [0, 0.1) is 0 Å². The predicted octanol–water partition coefficient (Wildman–Crippen LogP) is 1.91. The Morgan fingerprint density at radius 2 is 2.00 bits per heavy atom. The van der Waals surface area contributed by atoms with Crippen LogP contribution in [0.2, 0.25) is 0 Å². The topological polar surface area (TPSA) is 116 Å². The molecule has 152 valence electrons. The van der Waals surface area contributed by atoms with Gasteiger partial charge in [0.2, 0.25) is 12.2 Å². The number of amides is 1. The van der Waals surface area contributed by atoms with E-state index < -0.39 is 30.3 Å². The standard InChI is InChI=1S/C19H20N4O5S/c1-11(15-10-21-17(29-15)19-26-7-8-27-19)28-18(25)13-9-14(16(20)24)23(22-13)12-5-3-2-4-6-12/h2-6,10-11,14,19H,7-9H2,1H3,(H2,20,24)/t11-,14+/m1/s1. The van der Waals surface area contributed by atoms with Gasteiger partial charge < -0.3 is 19.9 Å². The van der Waals surface area contributed by atoms with E-state index in [9.17, 15) is 9.59 Å². The highest BCUT2D eigenvalue weighted by Gasteiger charge is 2.36. The molecule has 9 nitrogen and oxygen atoms in total. The number of rotatable bonds is 6. The van der Waals surface area contributed by atoms with Crippen LogP contribution in [0.15, 0.2) is 41.6 Å². The molecule has 1 amide bonds. The molecule has 4 rings (SSSR count). The van der Waals surface area contributed by atoms with Crippen LogP contribution in [-0.2, 0) is 23.8 Å². The fraction of sp³-hybridized carbons (Fsp3) is 0.368. The zero-order valence-electron chi connectivity index (χ0n) is 15.7. The average Bonchev–Trinajstić information content (AvgIpc) is 3.48. The Hall–Kier alpha value is -2.82. The number of nitrogens with two attached hydrogens (primary N) is 1. The SMILES string of the molecule is C[C@@H](OC(=O)C1=NN(c2ccccc2)[C@H](C(N)=O)C1)c1cnc(C2OCCO2)s1. The van der Waals surface area contributed by atoms with Crippen molar-refractivity contribution in [1.82, 2.24) is 4.98 Å². The van der Waals surface area contributed by atoms with E-state index in [1.54, 1.807) is 25.3 Å². The van der Waals surface area contributed by atoms with E-state index in [0.717, 1.165) is 4.88 Å². The highest BCUT2D eigenvalue weighted by atomic mass is 32.1. The zero-order valence-corrected chi connectivity index (χ0v) is 16.5. The van der Waals surface area contributed by atoms with E-state index in [1.807, 2.05) is 18.2 Å². The van der Waals surface area contributed by atoms with Crippen LogP contribution in [0.1, 0.15) is 35.6 Å². The number of thiazole rings is 1. The molecular weight excluding hydrogens is 396 g/mol. The van der Waals surface area contributed by atoms with Gasteiger partial charge in [-0.1, -0.05) is 18.2 Å². The Morgan fingerprint density at radius 1 is 1.28 bits per heavy atom. The quantitative estimate of drug-likeness (QED) is 0.715. The van der Waals surface area contributed by atoms with Crippen molar-refractivity contribution in [3.05, 3.63) is 46.4 Å². The molecule has 1 saturated heterocycles. The molecule has 1 fully saturated rings. The van der Waals surface area contributed by atoms with Crippen molar-refractivity contribution in [2.75, 3.05) is 18.2 Å². The Bertz CT molecular complexity index is 926. The summed E-state index contributed by atoms with van der Waals surface area (Å²) >= 11 is 1.36. The Morgan fingerprint density at radius 3 is 2.69 bits per heavy atom. The molecule has 0 aliphatic carbocycles. The predicted molar refractivity (Wildman–Crippen MR) is 105 cm³/mol. The highest BCUT2D eigenvalue weighted by molar-refractivity contribution is 7.11. The number of benzene rings is 1. The van der Waals surface area contributed by atoms with Gasteiger partial charge in [-0.15, -0.1) is 11.3 Å². The summed E-state index contributed by atoms with van der Waals surface area (Å²) in [7, 11) is 0. The van der Waals surface area contributed by atoms with Gasteiger partial charge in [-0.3, -0.25) is 9.80 Å². The lowest BCUT2D eigenvalue weighted by Gasteiger charge is -2.20. The number of para-hydroxylation sites is 1.